The Morgan fingerprint density at radius 1 is 0.400 bits per heavy atom. The first kappa shape index (κ1) is 28.7. The zero-order valence-electron chi connectivity index (χ0n) is 28.2. The molecule has 0 saturated heterocycles. The molecule has 0 saturated carbocycles. The van der Waals surface area contributed by atoms with Crippen LogP contribution >= 0.6 is 0 Å². The Hall–Kier alpha value is -6.24. The average molecular weight is 635 g/mol. The SMILES string of the molecule is C=C(C)/C=C1/c2ccccc2-c2ccc(-c3ccc4c5c(cccc35)-c3c-4c(-c4ccccc4)c4ccccc4c3-c3ccccc3)c(C)c21. The largest absolute Gasteiger partial charge is 0.0961 e. The fraction of sp³-hybridized carbons (Fsp3) is 0.0400. The molecule has 50 heavy (non-hydrogen) atoms. The lowest BCUT2D eigenvalue weighted by molar-refractivity contribution is 1.43. The van der Waals surface area contributed by atoms with Crippen LogP contribution in [0.1, 0.15) is 23.6 Å². The molecule has 234 valence electrons. The number of benzene rings is 8. The zero-order valence-corrected chi connectivity index (χ0v) is 28.2. The third-order valence-electron chi connectivity index (χ3n) is 10.8. The second-order valence-corrected chi connectivity index (χ2v) is 13.8. The summed E-state index contributed by atoms with van der Waals surface area (Å²) in [6, 6.07) is 56.1. The summed E-state index contributed by atoms with van der Waals surface area (Å²) >= 11 is 0. The molecular weight excluding hydrogens is 601 g/mol. The number of allylic oxidation sites excluding steroid dienone is 2. The molecule has 8 aromatic carbocycles. The Labute approximate surface area is 293 Å². The van der Waals surface area contributed by atoms with Crippen LogP contribution < -0.4 is 0 Å². The van der Waals surface area contributed by atoms with Gasteiger partial charge in [-0.3, -0.25) is 0 Å². The molecule has 0 spiro atoms. The molecule has 2 aliphatic rings. The Balaban J connectivity index is 1.29. The summed E-state index contributed by atoms with van der Waals surface area (Å²) < 4.78 is 0. The highest BCUT2D eigenvalue weighted by molar-refractivity contribution is 6.29. The summed E-state index contributed by atoms with van der Waals surface area (Å²) in [4.78, 5) is 0. The maximum Gasteiger partial charge on any atom is -0.000741 e. The van der Waals surface area contributed by atoms with Gasteiger partial charge in [0.2, 0.25) is 0 Å². The van der Waals surface area contributed by atoms with Gasteiger partial charge in [-0.05, 0) is 124 Å². The van der Waals surface area contributed by atoms with Crippen LogP contribution in [0.3, 0.4) is 0 Å². The number of hydrogen-bond donors (Lipinski definition) is 0. The second kappa shape index (κ2) is 10.9. The fourth-order valence-corrected chi connectivity index (χ4v) is 8.90. The maximum absolute atomic E-state index is 4.26. The van der Waals surface area contributed by atoms with Crippen LogP contribution in [0.25, 0.3) is 93.9 Å². The fourth-order valence-electron chi connectivity index (χ4n) is 8.90. The molecule has 0 heteroatoms. The summed E-state index contributed by atoms with van der Waals surface area (Å²) in [5.41, 5.74) is 21.8. The molecule has 0 heterocycles. The van der Waals surface area contributed by atoms with Crippen LogP contribution in [0.2, 0.25) is 0 Å². The topological polar surface area (TPSA) is 0 Å². The van der Waals surface area contributed by atoms with E-state index < -0.39 is 0 Å². The van der Waals surface area contributed by atoms with Gasteiger partial charge >= 0.3 is 0 Å². The van der Waals surface area contributed by atoms with Gasteiger partial charge in [-0.25, -0.2) is 0 Å². The Morgan fingerprint density at radius 3 is 1.52 bits per heavy atom. The van der Waals surface area contributed by atoms with Crippen molar-refractivity contribution in [3.8, 4) is 66.8 Å². The summed E-state index contributed by atoms with van der Waals surface area (Å²) in [6.07, 6.45) is 2.26. The average Bonchev–Trinajstić information content (AvgIpc) is 3.65. The lowest BCUT2D eigenvalue weighted by Gasteiger charge is -2.20. The Morgan fingerprint density at radius 2 is 0.880 bits per heavy atom. The first-order chi connectivity index (χ1) is 24.6. The van der Waals surface area contributed by atoms with Crippen molar-refractivity contribution in [3.63, 3.8) is 0 Å². The molecule has 0 fully saturated rings. The second-order valence-electron chi connectivity index (χ2n) is 13.8. The molecule has 0 N–H and O–H groups in total. The molecule has 0 nitrogen and oxygen atoms in total. The van der Waals surface area contributed by atoms with Gasteiger partial charge < -0.3 is 0 Å². The molecule has 8 aromatic rings. The van der Waals surface area contributed by atoms with E-state index in [-0.39, 0.29) is 0 Å². The molecule has 2 aliphatic carbocycles. The van der Waals surface area contributed by atoms with Gasteiger partial charge in [-0.1, -0.05) is 170 Å². The molecule has 10 rings (SSSR count). The first-order valence-corrected chi connectivity index (χ1v) is 17.5. The molecule has 0 amide bonds. The van der Waals surface area contributed by atoms with E-state index >= 15 is 0 Å². The highest BCUT2D eigenvalue weighted by Crippen LogP contribution is 2.59. The van der Waals surface area contributed by atoms with Crippen molar-refractivity contribution in [2.75, 3.05) is 0 Å². The maximum atomic E-state index is 4.26. The molecular formula is C50H34. The van der Waals surface area contributed by atoms with Gasteiger partial charge in [0.15, 0.2) is 0 Å². The minimum absolute atomic E-state index is 1.06. The molecule has 0 radical (unpaired) electrons. The standard InChI is InChI=1S/C50H34/c1-30(2)29-44-36-20-11-10-19-35(36)41-27-25-34(31(3)45(41)44)37-26-28-43-48-38(37)23-14-24-42(48)49-46(32-15-6-4-7-16-32)39-21-12-13-22-40(39)47(50(43)49)33-17-8-5-9-18-33/h4-29H,1H2,2-3H3/b44-29-. The van der Waals surface area contributed by atoms with Crippen LogP contribution in [0.4, 0.5) is 0 Å². The van der Waals surface area contributed by atoms with Crippen LogP contribution in [0.15, 0.2) is 170 Å². The smallest absolute Gasteiger partial charge is 0.000741 e. The summed E-state index contributed by atoms with van der Waals surface area (Å²) in [5.74, 6) is 0. The van der Waals surface area contributed by atoms with E-state index in [4.69, 9.17) is 0 Å². The van der Waals surface area contributed by atoms with Crippen molar-refractivity contribution >= 4 is 27.1 Å². The number of hydrogen-bond acceptors (Lipinski definition) is 0. The normalized spacial score (nSPS) is 13.1. The van der Waals surface area contributed by atoms with Gasteiger partial charge in [0, 0.05) is 0 Å². The summed E-state index contributed by atoms with van der Waals surface area (Å²) in [7, 11) is 0. The Bertz CT molecular complexity index is 2670. The van der Waals surface area contributed by atoms with Crippen molar-refractivity contribution in [1.82, 2.24) is 0 Å². The number of rotatable bonds is 4. The van der Waals surface area contributed by atoms with Gasteiger partial charge in [0.25, 0.3) is 0 Å². The number of fused-ring (bicyclic) bond motifs is 7. The summed E-state index contributed by atoms with van der Waals surface area (Å²) in [6.45, 7) is 8.65. The molecule has 0 aromatic heterocycles. The predicted octanol–water partition coefficient (Wildman–Crippen LogP) is 13.9. The molecule has 0 atom stereocenters. The van der Waals surface area contributed by atoms with E-state index in [1.165, 1.54) is 111 Å². The highest BCUT2D eigenvalue weighted by atomic mass is 14.3. The lowest BCUT2D eigenvalue weighted by Crippen LogP contribution is -1.93. The van der Waals surface area contributed by atoms with Crippen molar-refractivity contribution in [2.45, 2.75) is 13.8 Å². The van der Waals surface area contributed by atoms with Crippen LogP contribution in [-0.4, -0.2) is 0 Å². The third-order valence-corrected chi connectivity index (χ3v) is 10.8. The Kier molecular flexibility index (Phi) is 6.26. The first-order valence-electron chi connectivity index (χ1n) is 17.5. The van der Waals surface area contributed by atoms with Gasteiger partial charge in [-0.15, -0.1) is 0 Å². The molecule has 0 aliphatic heterocycles. The third kappa shape index (κ3) is 4.00. The van der Waals surface area contributed by atoms with Crippen LogP contribution in [0.5, 0.6) is 0 Å². The van der Waals surface area contributed by atoms with Crippen molar-refractivity contribution < 1.29 is 0 Å². The van der Waals surface area contributed by atoms with E-state index in [0.717, 1.165) is 5.57 Å². The van der Waals surface area contributed by atoms with Crippen molar-refractivity contribution in [2.24, 2.45) is 0 Å². The van der Waals surface area contributed by atoms with E-state index in [1.54, 1.807) is 0 Å². The van der Waals surface area contributed by atoms with Crippen LogP contribution in [-0.2, 0) is 0 Å². The van der Waals surface area contributed by atoms with E-state index in [2.05, 4.69) is 178 Å². The van der Waals surface area contributed by atoms with E-state index in [1.807, 2.05) is 0 Å². The van der Waals surface area contributed by atoms with Crippen molar-refractivity contribution in [1.29, 1.82) is 0 Å². The summed E-state index contributed by atoms with van der Waals surface area (Å²) in [5, 5.41) is 5.20. The highest BCUT2D eigenvalue weighted by Gasteiger charge is 2.32. The van der Waals surface area contributed by atoms with E-state index in [9.17, 15) is 0 Å². The van der Waals surface area contributed by atoms with Crippen LogP contribution in [0, 0.1) is 6.92 Å². The lowest BCUT2D eigenvalue weighted by atomic mass is 9.82. The monoisotopic (exact) mass is 634 g/mol. The molecule has 0 unspecified atom stereocenters. The van der Waals surface area contributed by atoms with E-state index in [0.29, 0.717) is 0 Å². The predicted molar refractivity (Wildman–Crippen MR) is 214 cm³/mol. The van der Waals surface area contributed by atoms with Gasteiger partial charge in [-0.2, -0.15) is 0 Å². The minimum Gasteiger partial charge on any atom is -0.0961 e. The van der Waals surface area contributed by atoms with Gasteiger partial charge in [0.05, 0.1) is 0 Å². The quantitative estimate of drug-likeness (QED) is 0.181. The van der Waals surface area contributed by atoms with Gasteiger partial charge in [0.1, 0.15) is 0 Å². The van der Waals surface area contributed by atoms with Crippen molar-refractivity contribution in [3.05, 3.63) is 187 Å². The molecule has 0 bridgehead atoms. The zero-order chi connectivity index (χ0) is 33.5. The minimum atomic E-state index is 1.06.